The van der Waals surface area contributed by atoms with Crippen molar-refractivity contribution < 1.29 is 9.53 Å². The second-order valence-corrected chi connectivity index (χ2v) is 5.86. The SMILES string of the molecule is COc1ccccc1C(=O)Nc1ccc(NC(C)c2ccccc2)cn1. The van der Waals surface area contributed by atoms with Gasteiger partial charge in [0.1, 0.15) is 11.6 Å². The van der Waals surface area contributed by atoms with Gasteiger partial charge in [-0.15, -0.1) is 0 Å². The molecule has 0 aliphatic carbocycles. The largest absolute Gasteiger partial charge is 0.496 e. The van der Waals surface area contributed by atoms with Gasteiger partial charge in [0.05, 0.1) is 24.6 Å². The summed E-state index contributed by atoms with van der Waals surface area (Å²) in [4.78, 5) is 16.7. The summed E-state index contributed by atoms with van der Waals surface area (Å²) in [6, 6.07) is 21.1. The Morgan fingerprint density at radius 3 is 2.42 bits per heavy atom. The Kier molecular flexibility index (Phi) is 5.49. The first kappa shape index (κ1) is 17.5. The fraction of sp³-hybridized carbons (Fsp3) is 0.143. The molecule has 5 nitrogen and oxygen atoms in total. The number of ether oxygens (including phenoxy) is 1. The summed E-state index contributed by atoms with van der Waals surface area (Å²) in [5.41, 5.74) is 2.55. The van der Waals surface area contributed by atoms with Crippen LogP contribution in [0.3, 0.4) is 0 Å². The second kappa shape index (κ2) is 8.16. The lowest BCUT2D eigenvalue weighted by Crippen LogP contribution is -2.14. The molecule has 1 atom stereocenters. The number of methoxy groups -OCH3 is 1. The number of nitrogens with one attached hydrogen (secondary N) is 2. The lowest BCUT2D eigenvalue weighted by molar-refractivity contribution is 0.102. The summed E-state index contributed by atoms with van der Waals surface area (Å²) in [5.74, 6) is 0.757. The van der Waals surface area contributed by atoms with Gasteiger partial charge in [-0.25, -0.2) is 4.98 Å². The van der Waals surface area contributed by atoms with E-state index in [0.29, 0.717) is 17.1 Å². The average Bonchev–Trinajstić information content (AvgIpc) is 2.70. The van der Waals surface area contributed by atoms with Crippen molar-refractivity contribution in [3.63, 3.8) is 0 Å². The van der Waals surface area contributed by atoms with E-state index in [2.05, 4.69) is 34.7 Å². The van der Waals surface area contributed by atoms with E-state index in [1.807, 2.05) is 30.3 Å². The molecule has 132 valence electrons. The van der Waals surface area contributed by atoms with Gasteiger partial charge >= 0.3 is 0 Å². The number of rotatable bonds is 6. The first-order valence-corrected chi connectivity index (χ1v) is 8.39. The maximum Gasteiger partial charge on any atom is 0.260 e. The molecule has 0 radical (unpaired) electrons. The molecule has 0 fully saturated rings. The molecular weight excluding hydrogens is 326 g/mol. The molecule has 0 aliphatic rings. The summed E-state index contributed by atoms with van der Waals surface area (Å²) < 4.78 is 5.22. The van der Waals surface area contributed by atoms with Crippen molar-refractivity contribution in [3.8, 4) is 5.75 Å². The molecular formula is C21H21N3O2. The molecule has 0 aliphatic heterocycles. The van der Waals surface area contributed by atoms with E-state index in [9.17, 15) is 4.79 Å². The van der Waals surface area contributed by atoms with Crippen LogP contribution in [0.1, 0.15) is 28.9 Å². The van der Waals surface area contributed by atoms with Crippen molar-refractivity contribution in [2.45, 2.75) is 13.0 Å². The predicted molar refractivity (Wildman–Crippen MR) is 104 cm³/mol. The fourth-order valence-corrected chi connectivity index (χ4v) is 2.64. The zero-order valence-corrected chi connectivity index (χ0v) is 14.8. The highest BCUT2D eigenvalue weighted by atomic mass is 16.5. The second-order valence-electron chi connectivity index (χ2n) is 5.86. The van der Waals surface area contributed by atoms with Crippen molar-refractivity contribution in [2.75, 3.05) is 17.7 Å². The van der Waals surface area contributed by atoms with E-state index in [0.717, 1.165) is 5.69 Å². The van der Waals surface area contributed by atoms with Crippen molar-refractivity contribution >= 4 is 17.4 Å². The molecule has 0 saturated carbocycles. The maximum absolute atomic E-state index is 12.4. The van der Waals surface area contributed by atoms with E-state index >= 15 is 0 Å². The monoisotopic (exact) mass is 347 g/mol. The Balaban J connectivity index is 1.65. The van der Waals surface area contributed by atoms with Crippen LogP contribution in [0.4, 0.5) is 11.5 Å². The van der Waals surface area contributed by atoms with Gasteiger partial charge in [-0.1, -0.05) is 42.5 Å². The van der Waals surface area contributed by atoms with Gasteiger partial charge < -0.3 is 15.4 Å². The number of aromatic nitrogens is 1. The average molecular weight is 347 g/mol. The van der Waals surface area contributed by atoms with Gasteiger partial charge in [0, 0.05) is 6.04 Å². The summed E-state index contributed by atoms with van der Waals surface area (Å²) in [6.45, 7) is 2.09. The van der Waals surface area contributed by atoms with E-state index in [1.54, 1.807) is 37.6 Å². The Labute approximate surface area is 153 Å². The van der Waals surface area contributed by atoms with Gasteiger partial charge in [-0.3, -0.25) is 4.79 Å². The standard InChI is InChI=1S/C21H21N3O2/c1-15(16-8-4-3-5-9-16)23-17-12-13-20(22-14-17)24-21(25)18-10-6-7-11-19(18)26-2/h3-15,23H,1-2H3,(H,22,24,25). The molecule has 3 aromatic rings. The highest BCUT2D eigenvalue weighted by Crippen LogP contribution is 2.21. The third-order valence-corrected chi connectivity index (χ3v) is 4.04. The van der Waals surface area contributed by atoms with E-state index < -0.39 is 0 Å². The van der Waals surface area contributed by atoms with Crippen molar-refractivity contribution in [3.05, 3.63) is 84.1 Å². The summed E-state index contributed by atoms with van der Waals surface area (Å²) in [7, 11) is 1.54. The minimum absolute atomic E-state index is 0.159. The Morgan fingerprint density at radius 2 is 1.73 bits per heavy atom. The topological polar surface area (TPSA) is 63.2 Å². The van der Waals surface area contributed by atoms with Gasteiger partial charge in [0.2, 0.25) is 0 Å². The number of hydrogen-bond acceptors (Lipinski definition) is 4. The number of benzene rings is 2. The Bertz CT molecular complexity index is 864. The number of carbonyl (C=O) groups excluding carboxylic acids is 1. The molecule has 26 heavy (non-hydrogen) atoms. The van der Waals surface area contributed by atoms with Crippen LogP contribution in [0, 0.1) is 0 Å². The van der Waals surface area contributed by atoms with Crippen LogP contribution in [-0.2, 0) is 0 Å². The van der Waals surface area contributed by atoms with Gasteiger partial charge in [0.25, 0.3) is 5.91 Å². The van der Waals surface area contributed by atoms with Crippen LogP contribution < -0.4 is 15.4 Å². The van der Waals surface area contributed by atoms with Gasteiger partial charge in [-0.05, 0) is 36.8 Å². The van der Waals surface area contributed by atoms with Crippen LogP contribution in [0.5, 0.6) is 5.75 Å². The molecule has 5 heteroatoms. The quantitative estimate of drug-likeness (QED) is 0.688. The maximum atomic E-state index is 12.4. The van der Waals surface area contributed by atoms with Crippen LogP contribution in [0.25, 0.3) is 0 Å². The summed E-state index contributed by atoms with van der Waals surface area (Å²) in [6.07, 6.45) is 1.71. The fourth-order valence-electron chi connectivity index (χ4n) is 2.64. The van der Waals surface area contributed by atoms with E-state index in [-0.39, 0.29) is 11.9 Å². The van der Waals surface area contributed by atoms with Crippen molar-refractivity contribution in [1.29, 1.82) is 0 Å². The first-order valence-electron chi connectivity index (χ1n) is 8.39. The van der Waals surface area contributed by atoms with E-state index in [4.69, 9.17) is 4.74 Å². The zero-order chi connectivity index (χ0) is 18.4. The lowest BCUT2D eigenvalue weighted by atomic mass is 10.1. The number of carbonyl (C=O) groups is 1. The smallest absolute Gasteiger partial charge is 0.260 e. The minimum atomic E-state index is -0.256. The molecule has 1 heterocycles. The number of hydrogen-bond donors (Lipinski definition) is 2. The minimum Gasteiger partial charge on any atom is -0.496 e. The van der Waals surface area contributed by atoms with E-state index in [1.165, 1.54) is 5.56 Å². The first-order chi connectivity index (χ1) is 12.7. The number of pyridine rings is 1. The molecule has 0 spiro atoms. The molecule has 1 unspecified atom stereocenters. The normalized spacial score (nSPS) is 11.5. The molecule has 2 N–H and O–H groups in total. The third-order valence-electron chi connectivity index (χ3n) is 4.04. The summed E-state index contributed by atoms with van der Waals surface area (Å²) in [5, 5.41) is 6.18. The van der Waals surface area contributed by atoms with Crippen LogP contribution in [0.15, 0.2) is 72.9 Å². The highest BCUT2D eigenvalue weighted by molar-refractivity contribution is 6.05. The predicted octanol–water partition coefficient (Wildman–Crippen LogP) is 4.52. The summed E-state index contributed by atoms with van der Waals surface area (Å²) >= 11 is 0. The highest BCUT2D eigenvalue weighted by Gasteiger charge is 2.12. The number of anilines is 2. The van der Waals surface area contributed by atoms with Crippen LogP contribution in [-0.4, -0.2) is 18.0 Å². The zero-order valence-electron chi connectivity index (χ0n) is 14.8. The third kappa shape index (κ3) is 4.19. The molecule has 1 amide bonds. The van der Waals surface area contributed by atoms with Gasteiger partial charge in [0.15, 0.2) is 0 Å². The molecule has 2 aromatic carbocycles. The number of nitrogens with zero attached hydrogens (tertiary/aromatic N) is 1. The number of para-hydroxylation sites is 1. The lowest BCUT2D eigenvalue weighted by Gasteiger charge is -2.15. The molecule has 0 bridgehead atoms. The Hall–Kier alpha value is -3.34. The molecule has 3 rings (SSSR count). The number of amides is 1. The molecule has 0 saturated heterocycles. The van der Waals surface area contributed by atoms with Crippen LogP contribution >= 0.6 is 0 Å². The van der Waals surface area contributed by atoms with Crippen molar-refractivity contribution in [2.24, 2.45) is 0 Å². The Morgan fingerprint density at radius 1 is 1.00 bits per heavy atom. The van der Waals surface area contributed by atoms with Crippen molar-refractivity contribution in [1.82, 2.24) is 4.98 Å². The van der Waals surface area contributed by atoms with Crippen LogP contribution in [0.2, 0.25) is 0 Å². The molecule has 1 aromatic heterocycles. The van der Waals surface area contributed by atoms with Gasteiger partial charge in [-0.2, -0.15) is 0 Å².